The Hall–Kier alpha value is -2.40. The van der Waals surface area contributed by atoms with Crippen molar-refractivity contribution in [1.29, 1.82) is 0 Å². The highest BCUT2D eigenvalue weighted by Gasteiger charge is 2.25. The SMILES string of the molecule is NCC(=O)NC(CCCN=C(N)N)C(=O)NC(CO)C(=O)O. The van der Waals surface area contributed by atoms with E-state index in [-0.39, 0.29) is 25.5 Å². The number of nitrogens with two attached hydrogens (primary N) is 3. The molecule has 0 spiro atoms. The number of aliphatic carboxylic acids is 1. The largest absolute Gasteiger partial charge is 0.480 e. The van der Waals surface area contributed by atoms with Gasteiger partial charge in [-0.3, -0.25) is 14.6 Å². The van der Waals surface area contributed by atoms with Crippen molar-refractivity contribution in [2.75, 3.05) is 19.7 Å². The van der Waals surface area contributed by atoms with Crippen LogP contribution in [0.4, 0.5) is 0 Å². The van der Waals surface area contributed by atoms with Gasteiger partial charge in [0.15, 0.2) is 5.96 Å². The zero-order chi connectivity index (χ0) is 17.1. The monoisotopic (exact) mass is 318 g/mol. The van der Waals surface area contributed by atoms with Crippen molar-refractivity contribution >= 4 is 23.7 Å². The van der Waals surface area contributed by atoms with Gasteiger partial charge in [-0.05, 0) is 12.8 Å². The van der Waals surface area contributed by atoms with Crippen LogP contribution in [0.5, 0.6) is 0 Å². The molecule has 11 nitrogen and oxygen atoms in total. The molecule has 0 aliphatic carbocycles. The van der Waals surface area contributed by atoms with Gasteiger partial charge in [0.05, 0.1) is 13.2 Å². The van der Waals surface area contributed by atoms with E-state index in [2.05, 4.69) is 15.6 Å². The van der Waals surface area contributed by atoms with Gasteiger partial charge in [0.2, 0.25) is 11.8 Å². The van der Waals surface area contributed by atoms with Crippen molar-refractivity contribution in [1.82, 2.24) is 10.6 Å². The number of amides is 2. The lowest BCUT2D eigenvalue weighted by Crippen LogP contribution is -2.53. The minimum absolute atomic E-state index is 0.0989. The Labute approximate surface area is 126 Å². The van der Waals surface area contributed by atoms with Crippen molar-refractivity contribution in [2.24, 2.45) is 22.2 Å². The van der Waals surface area contributed by atoms with E-state index < -0.39 is 36.5 Å². The van der Waals surface area contributed by atoms with E-state index in [1.54, 1.807) is 0 Å². The number of carboxylic acids is 1. The number of guanidine groups is 1. The highest BCUT2D eigenvalue weighted by molar-refractivity contribution is 5.90. The molecule has 0 radical (unpaired) electrons. The summed E-state index contributed by atoms with van der Waals surface area (Å²) in [6.45, 7) is -0.848. The number of aliphatic hydroxyl groups excluding tert-OH is 1. The first kappa shape index (κ1) is 19.6. The van der Waals surface area contributed by atoms with Gasteiger partial charge < -0.3 is 38.0 Å². The molecule has 0 saturated heterocycles. The molecule has 0 rings (SSSR count). The van der Waals surface area contributed by atoms with E-state index >= 15 is 0 Å². The number of nitrogens with zero attached hydrogens (tertiary/aromatic N) is 1. The van der Waals surface area contributed by atoms with Crippen LogP contribution in [-0.2, 0) is 14.4 Å². The number of carbonyl (C=O) groups excluding carboxylic acids is 2. The molecule has 0 heterocycles. The van der Waals surface area contributed by atoms with Crippen LogP contribution in [0.2, 0.25) is 0 Å². The van der Waals surface area contributed by atoms with E-state index in [4.69, 9.17) is 27.4 Å². The third kappa shape index (κ3) is 8.01. The second-order valence-corrected chi connectivity index (χ2v) is 4.36. The molecule has 0 aliphatic heterocycles. The van der Waals surface area contributed by atoms with Crippen LogP contribution >= 0.6 is 0 Å². The van der Waals surface area contributed by atoms with Gasteiger partial charge in [-0.25, -0.2) is 4.79 Å². The summed E-state index contributed by atoms with van der Waals surface area (Å²) in [4.78, 5) is 37.8. The van der Waals surface area contributed by atoms with Gasteiger partial charge in [-0.15, -0.1) is 0 Å². The predicted octanol–water partition coefficient (Wildman–Crippen LogP) is -3.95. The molecule has 0 aromatic carbocycles. The van der Waals surface area contributed by atoms with E-state index in [0.29, 0.717) is 6.42 Å². The Balaban J connectivity index is 4.68. The normalized spacial score (nSPS) is 12.8. The minimum Gasteiger partial charge on any atom is -0.480 e. The number of hydrogen-bond donors (Lipinski definition) is 7. The maximum Gasteiger partial charge on any atom is 0.328 e. The van der Waals surface area contributed by atoms with Crippen LogP contribution in [0.25, 0.3) is 0 Å². The first-order valence-electron chi connectivity index (χ1n) is 6.50. The van der Waals surface area contributed by atoms with Crippen LogP contribution in [0.3, 0.4) is 0 Å². The van der Waals surface area contributed by atoms with Crippen molar-refractivity contribution in [2.45, 2.75) is 24.9 Å². The molecule has 126 valence electrons. The fourth-order valence-electron chi connectivity index (χ4n) is 1.48. The Kier molecular flexibility index (Phi) is 9.22. The van der Waals surface area contributed by atoms with Gasteiger partial charge in [-0.1, -0.05) is 0 Å². The van der Waals surface area contributed by atoms with Crippen LogP contribution in [0.1, 0.15) is 12.8 Å². The molecule has 2 atom stereocenters. The number of aliphatic hydroxyl groups is 1. The topological polar surface area (TPSA) is 206 Å². The third-order valence-electron chi connectivity index (χ3n) is 2.58. The summed E-state index contributed by atoms with van der Waals surface area (Å²) in [7, 11) is 0. The predicted molar refractivity (Wildman–Crippen MR) is 77.5 cm³/mol. The van der Waals surface area contributed by atoms with Crippen LogP contribution in [0.15, 0.2) is 4.99 Å². The Bertz CT molecular complexity index is 423. The first-order chi connectivity index (χ1) is 10.3. The van der Waals surface area contributed by atoms with E-state index in [9.17, 15) is 14.4 Å². The number of nitrogens with one attached hydrogen (secondary N) is 2. The number of carbonyl (C=O) groups is 3. The molecule has 0 aromatic heterocycles. The Morgan fingerprint density at radius 1 is 1.14 bits per heavy atom. The fraction of sp³-hybridized carbons (Fsp3) is 0.636. The smallest absolute Gasteiger partial charge is 0.328 e. The van der Waals surface area contributed by atoms with Crippen molar-refractivity contribution in [3.8, 4) is 0 Å². The van der Waals surface area contributed by atoms with Crippen molar-refractivity contribution in [3.63, 3.8) is 0 Å². The maximum atomic E-state index is 12.0. The molecule has 11 heteroatoms. The first-order valence-corrected chi connectivity index (χ1v) is 6.50. The molecular weight excluding hydrogens is 296 g/mol. The summed E-state index contributed by atoms with van der Waals surface area (Å²) < 4.78 is 0. The van der Waals surface area contributed by atoms with Gasteiger partial charge >= 0.3 is 5.97 Å². The Morgan fingerprint density at radius 2 is 1.77 bits per heavy atom. The summed E-state index contributed by atoms with van der Waals surface area (Å²) >= 11 is 0. The average molecular weight is 318 g/mol. The lowest BCUT2D eigenvalue weighted by molar-refractivity contribution is -0.143. The molecule has 0 aromatic rings. The van der Waals surface area contributed by atoms with Crippen LogP contribution in [-0.4, -0.2) is 65.7 Å². The molecule has 22 heavy (non-hydrogen) atoms. The molecule has 10 N–H and O–H groups in total. The summed E-state index contributed by atoms with van der Waals surface area (Å²) in [5.74, 6) is -2.80. The zero-order valence-corrected chi connectivity index (χ0v) is 12.0. The van der Waals surface area contributed by atoms with E-state index in [1.807, 2.05) is 0 Å². The molecule has 2 amide bonds. The zero-order valence-electron chi connectivity index (χ0n) is 12.0. The van der Waals surface area contributed by atoms with Crippen molar-refractivity contribution < 1.29 is 24.6 Å². The lowest BCUT2D eigenvalue weighted by atomic mass is 10.1. The number of carboxylic acid groups (broad SMARTS) is 1. The highest BCUT2D eigenvalue weighted by Crippen LogP contribution is 2.00. The third-order valence-corrected chi connectivity index (χ3v) is 2.58. The second kappa shape index (κ2) is 10.3. The molecule has 0 fully saturated rings. The van der Waals surface area contributed by atoms with E-state index in [1.165, 1.54) is 0 Å². The summed E-state index contributed by atoms with van der Waals surface area (Å²) in [6.07, 6.45) is 0.545. The average Bonchev–Trinajstić information content (AvgIpc) is 2.46. The van der Waals surface area contributed by atoms with Gasteiger partial charge in [-0.2, -0.15) is 0 Å². The van der Waals surface area contributed by atoms with Gasteiger partial charge in [0.1, 0.15) is 12.1 Å². The standard InChI is InChI=1S/C11H22N6O5/c12-4-8(19)16-6(2-1-3-15-11(13)14)9(20)17-7(5-18)10(21)22/h6-7,18H,1-5,12H2,(H,16,19)(H,17,20)(H,21,22)(H4,13,14,15). The molecule has 2 unspecified atom stereocenters. The maximum absolute atomic E-state index is 12.0. The quantitative estimate of drug-likeness (QED) is 0.120. The minimum atomic E-state index is -1.46. The fourth-order valence-corrected chi connectivity index (χ4v) is 1.48. The van der Waals surface area contributed by atoms with Gasteiger partial charge in [0, 0.05) is 6.54 Å². The summed E-state index contributed by atoms with van der Waals surface area (Å²) in [6, 6.07) is -2.46. The molecular formula is C11H22N6O5. The summed E-state index contributed by atoms with van der Waals surface area (Å²) in [5.41, 5.74) is 15.5. The van der Waals surface area contributed by atoms with Crippen molar-refractivity contribution in [3.05, 3.63) is 0 Å². The molecule has 0 bridgehead atoms. The van der Waals surface area contributed by atoms with Crippen LogP contribution in [0, 0.1) is 0 Å². The highest BCUT2D eigenvalue weighted by atomic mass is 16.4. The second-order valence-electron chi connectivity index (χ2n) is 4.36. The van der Waals surface area contributed by atoms with Crippen LogP contribution < -0.4 is 27.8 Å². The van der Waals surface area contributed by atoms with Gasteiger partial charge in [0.25, 0.3) is 0 Å². The van der Waals surface area contributed by atoms with E-state index in [0.717, 1.165) is 0 Å². The molecule has 0 saturated carbocycles. The number of hydrogen-bond acceptors (Lipinski definition) is 6. The number of aliphatic imine (C=N–C) groups is 1. The lowest BCUT2D eigenvalue weighted by Gasteiger charge is -2.20. The number of rotatable bonds is 10. The Morgan fingerprint density at radius 3 is 2.23 bits per heavy atom. The summed E-state index contributed by atoms with van der Waals surface area (Å²) in [5, 5.41) is 22.1. The molecule has 0 aliphatic rings.